The van der Waals surface area contributed by atoms with E-state index in [9.17, 15) is 18.0 Å². The van der Waals surface area contributed by atoms with Crippen LogP contribution in [0.15, 0.2) is 0 Å². The molecule has 2 saturated carbocycles. The summed E-state index contributed by atoms with van der Waals surface area (Å²) in [6.45, 7) is 0.452. The van der Waals surface area contributed by atoms with Crippen molar-refractivity contribution in [3.05, 3.63) is 0 Å². The van der Waals surface area contributed by atoms with E-state index in [0.717, 1.165) is 19.3 Å². The van der Waals surface area contributed by atoms with Gasteiger partial charge in [0.25, 0.3) is 0 Å². The number of halogens is 4. The van der Waals surface area contributed by atoms with Crippen molar-refractivity contribution in [3.8, 4) is 0 Å². The third-order valence-electron chi connectivity index (χ3n) is 5.54. The van der Waals surface area contributed by atoms with E-state index in [-0.39, 0.29) is 56.2 Å². The predicted octanol–water partition coefficient (Wildman–Crippen LogP) is 2.58. The minimum absolute atomic E-state index is 0. The Morgan fingerprint density at radius 3 is 2.10 bits per heavy atom. The molecule has 0 aromatic carbocycles. The molecule has 21 heavy (non-hydrogen) atoms. The van der Waals surface area contributed by atoms with E-state index in [1.165, 1.54) is 0 Å². The average molecular weight is 327 g/mol. The normalized spacial score (nSPS) is 36.7. The number of hydrogen-bond donors (Lipinski definition) is 1. The molecule has 2 N–H and O–H groups in total. The highest BCUT2D eigenvalue weighted by atomic mass is 35.5. The van der Waals surface area contributed by atoms with E-state index in [0.29, 0.717) is 11.8 Å². The van der Waals surface area contributed by atoms with Crippen LogP contribution in [-0.2, 0) is 4.79 Å². The van der Waals surface area contributed by atoms with Crippen LogP contribution in [0.4, 0.5) is 13.2 Å². The summed E-state index contributed by atoms with van der Waals surface area (Å²) in [5, 5.41) is 0. The second kappa shape index (κ2) is 5.95. The summed E-state index contributed by atoms with van der Waals surface area (Å²) in [6.07, 6.45) is -0.884. The van der Waals surface area contributed by atoms with Crippen LogP contribution in [0, 0.1) is 23.7 Å². The van der Waals surface area contributed by atoms with E-state index in [1.54, 1.807) is 4.90 Å². The fraction of sp³-hybridized carbons (Fsp3) is 0.929. The molecule has 3 fully saturated rings. The summed E-state index contributed by atoms with van der Waals surface area (Å²) in [5.41, 5.74) is 6.14. The van der Waals surface area contributed by atoms with Crippen molar-refractivity contribution < 1.29 is 18.0 Å². The van der Waals surface area contributed by atoms with Crippen molar-refractivity contribution in [3.63, 3.8) is 0 Å². The minimum Gasteiger partial charge on any atom is -0.342 e. The van der Waals surface area contributed by atoms with Gasteiger partial charge in [-0.2, -0.15) is 13.2 Å². The molecule has 2 aliphatic carbocycles. The molecule has 4 atom stereocenters. The lowest BCUT2D eigenvalue weighted by atomic mass is 9.83. The molecule has 4 unspecified atom stereocenters. The molecule has 3 nitrogen and oxygen atoms in total. The van der Waals surface area contributed by atoms with Crippen LogP contribution in [0.3, 0.4) is 0 Å². The Labute approximate surface area is 128 Å². The zero-order valence-electron chi connectivity index (χ0n) is 11.8. The van der Waals surface area contributed by atoms with Gasteiger partial charge in [-0.1, -0.05) is 0 Å². The summed E-state index contributed by atoms with van der Waals surface area (Å²) in [4.78, 5) is 14.1. The third kappa shape index (κ3) is 3.02. The maximum atomic E-state index is 12.6. The quantitative estimate of drug-likeness (QED) is 0.805. The van der Waals surface area contributed by atoms with Gasteiger partial charge >= 0.3 is 6.18 Å². The van der Waals surface area contributed by atoms with Gasteiger partial charge < -0.3 is 10.6 Å². The number of carbonyl (C=O) groups excluding carboxylic acids is 1. The van der Waals surface area contributed by atoms with Crippen LogP contribution in [0.5, 0.6) is 0 Å². The van der Waals surface area contributed by atoms with Crippen LogP contribution >= 0.6 is 12.4 Å². The van der Waals surface area contributed by atoms with Crippen LogP contribution < -0.4 is 5.73 Å². The minimum atomic E-state index is -4.13. The van der Waals surface area contributed by atoms with Crippen molar-refractivity contribution in [2.24, 2.45) is 29.4 Å². The van der Waals surface area contributed by atoms with Crippen LogP contribution in [-0.4, -0.2) is 36.1 Å². The van der Waals surface area contributed by atoms with Gasteiger partial charge in [-0.15, -0.1) is 12.4 Å². The topological polar surface area (TPSA) is 46.3 Å². The number of nitrogens with two attached hydrogens (primary N) is 1. The number of piperidine rings is 1. The molecule has 0 radical (unpaired) electrons. The lowest BCUT2D eigenvalue weighted by molar-refractivity contribution is -0.187. The molecule has 7 heteroatoms. The number of nitrogens with zero attached hydrogens (tertiary/aromatic N) is 1. The Hall–Kier alpha value is -0.490. The Morgan fingerprint density at radius 1 is 1.05 bits per heavy atom. The first-order valence-corrected chi connectivity index (χ1v) is 7.49. The average Bonchev–Trinajstić information content (AvgIpc) is 2.98. The molecule has 1 saturated heterocycles. The molecule has 0 aromatic rings. The van der Waals surface area contributed by atoms with Crippen molar-refractivity contribution in [2.45, 2.75) is 44.3 Å². The molecule has 3 aliphatic rings. The molecule has 2 bridgehead atoms. The zero-order valence-corrected chi connectivity index (χ0v) is 12.6. The summed E-state index contributed by atoms with van der Waals surface area (Å²) < 4.78 is 37.9. The SMILES string of the molecule is Cl.NC1C2CCC(C2)C1C(=O)N1CCC(C(F)(F)F)CC1. The molecule has 122 valence electrons. The number of fused-ring (bicyclic) bond motifs is 2. The Morgan fingerprint density at radius 2 is 1.62 bits per heavy atom. The van der Waals surface area contributed by atoms with Gasteiger partial charge in [-0.05, 0) is 43.9 Å². The molecule has 1 amide bonds. The van der Waals surface area contributed by atoms with Gasteiger partial charge in [0.1, 0.15) is 0 Å². The highest BCUT2D eigenvalue weighted by Gasteiger charge is 2.51. The Balaban J connectivity index is 0.00000161. The molecule has 3 rings (SSSR count). The fourth-order valence-electron chi connectivity index (χ4n) is 4.34. The third-order valence-corrected chi connectivity index (χ3v) is 5.54. The fourth-order valence-corrected chi connectivity index (χ4v) is 4.34. The smallest absolute Gasteiger partial charge is 0.342 e. The molecule has 0 spiro atoms. The standard InChI is InChI=1S/C14H21F3N2O.ClH/c15-14(16,17)10-3-5-19(6-4-10)13(20)11-8-1-2-9(7-8)12(11)18;/h8-12H,1-7,18H2;1H. The number of amides is 1. The maximum absolute atomic E-state index is 12.6. The molecular formula is C14H22ClF3N2O. The van der Waals surface area contributed by atoms with Crippen molar-refractivity contribution in [2.75, 3.05) is 13.1 Å². The highest BCUT2D eigenvalue weighted by Crippen LogP contribution is 2.48. The predicted molar refractivity (Wildman–Crippen MR) is 74.9 cm³/mol. The van der Waals surface area contributed by atoms with E-state index < -0.39 is 12.1 Å². The first-order valence-electron chi connectivity index (χ1n) is 7.49. The molecule has 0 aromatic heterocycles. The summed E-state index contributed by atoms with van der Waals surface area (Å²) in [7, 11) is 0. The molecular weight excluding hydrogens is 305 g/mol. The van der Waals surface area contributed by atoms with Gasteiger partial charge in [-0.3, -0.25) is 4.79 Å². The van der Waals surface area contributed by atoms with E-state index in [1.807, 2.05) is 0 Å². The number of rotatable bonds is 1. The van der Waals surface area contributed by atoms with Crippen molar-refractivity contribution in [1.29, 1.82) is 0 Å². The van der Waals surface area contributed by atoms with Gasteiger partial charge in [0.15, 0.2) is 0 Å². The lowest BCUT2D eigenvalue weighted by Crippen LogP contribution is -2.50. The summed E-state index contributed by atoms with van der Waals surface area (Å²) in [5.74, 6) is -0.578. The molecule has 1 heterocycles. The van der Waals surface area contributed by atoms with Crippen LogP contribution in [0.2, 0.25) is 0 Å². The Bertz CT molecular complexity index is 394. The number of carbonyl (C=O) groups is 1. The van der Waals surface area contributed by atoms with Gasteiger partial charge in [0.05, 0.1) is 11.8 Å². The largest absolute Gasteiger partial charge is 0.391 e. The second-order valence-electron chi connectivity index (χ2n) is 6.58. The van der Waals surface area contributed by atoms with E-state index in [4.69, 9.17) is 5.73 Å². The monoisotopic (exact) mass is 326 g/mol. The van der Waals surface area contributed by atoms with Crippen molar-refractivity contribution >= 4 is 18.3 Å². The number of hydrogen-bond acceptors (Lipinski definition) is 2. The van der Waals surface area contributed by atoms with Crippen molar-refractivity contribution in [1.82, 2.24) is 4.90 Å². The van der Waals surface area contributed by atoms with E-state index >= 15 is 0 Å². The van der Waals surface area contributed by atoms with E-state index in [2.05, 4.69) is 0 Å². The van der Waals surface area contributed by atoms with Crippen LogP contribution in [0.25, 0.3) is 0 Å². The zero-order chi connectivity index (χ0) is 14.5. The Kier molecular flexibility index (Phi) is 4.78. The van der Waals surface area contributed by atoms with Gasteiger partial charge in [0.2, 0.25) is 5.91 Å². The summed E-state index contributed by atoms with van der Waals surface area (Å²) in [6, 6.07) is -0.0819. The summed E-state index contributed by atoms with van der Waals surface area (Å²) >= 11 is 0. The molecule has 1 aliphatic heterocycles. The number of likely N-dealkylation sites (tertiary alicyclic amines) is 1. The highest BCUT2D eigenvalue weighted by molar-refractivity contribution is 5.85. The van der Waals surface area contributed by atoms with Gasteiger partial charge in [-0.25, -0.2) is 0 Å². The van der Waals surface area contributed by atoms with Crippen LogP contribution in [0.1, 0.15) is 32.1 Å². The van der Waals surface area contributed by atoms with Gasteiger partial charge in [0, 0.05) is 19.1 Å². The second-order valence-corrected chi connectivity index (χ2v) is 6.58. The maximum Gasteiger partial charge on any atom is 0.391 e. The first-order chi connectivity index (χ1) is 9.38. The first kappa shape index (κ1) is 16.9. The number of alkyl halides is 3. The lowest BCUT2D eigenvalue weighted by Gasteiger charge is -2.37.